The van der Waals surface area contributed by atoms with Crippen molar-refractivity contribution >= 4 is 0 Å². The summed E-state index contributed by atoms with van der Waals surface area (Å²) in [6, 6.07) is 8.36. The van der Waals surface area contributed by atoms with Crippen LogP contribution in [0.3, 0.4) is 0 Å². The van der Waals surface area contributed by atoms with E-state index in [2.05, 4.69) is 42.1 Å². The number of likely N-dealkylation sites (tertiary alicyclic amines) is 1. The van der Waals surface area contributed by atoms with Crippen LogP contribution in [0.2, 0.25) is 0 Å². The van der Waals surface area contributed by atoms with Gasteiger partial charge in [-0.15, -0.1) is 10.2 Å². The fourth-order valence-electron chi connectivity index (χ4n) is 3.39. The van der Waals surface area contributed by atoms with Crippen molar-refractivity contribution in [2.45, 2.75) is 18.9 Å². The Hall–Kier alpha value is -2.84. The first-order valence-corrected chi connectivity index (χ1v) is 9.86. The van der Waals surface area contributed by atoms with Crippen LogP contribution in [0.5, 0.6) is 5.75 Å². The molecule has 8 heteroatoms. The second-order valence-electron chi connectivity index (χ2n) is 7.55. The smallest absolute Gasteiger partial charge is 0.267 e. The van der Waals surface area contributed by atoms with Crippen LogP contribution in [0, 0.1) is 0 Å². The quantitative estimate of drug-likeness (QED) is 0.576. The molecular formula is C21H26N6O2. The number of likely N-dealkylation sites (N-methyl/N-ethyl adjacent to an activating group) is 1. The van der Waals surface area contributed by atoms with Crippen LogP contribution in [0.25, 0.3) is 11.6 Å². The lowest BCUT2D eigenvalue weighted by atomic mass is 10.1. The van der Waals surface area contributed by atoms with Crippen molar-refractivity contribution in [2.75, 3.05) is 40.3 Å². The Bertz CT molecular complexity index is 897. The highest BCUT2D eigenvalue weighted by molar-refractivity contribution is 5.43. The molecule has 1 saturated heterocycles. The van der Waals surface area contributed by atoms with E-state index < -0.39 is 0 Å². The predicted octanol–water partition coefficient (Wildman–Crippen LogP) is 2.46. The van der Waals surface area contributed by atoms with Crippen LogP contribution in [0.15, 0.2) is 47.3 Å². The van der Waals surface area contributed by atoms with Gasteiger partial charge in [-0.2, -0.15) is 0 Å². The molecule has 0 saturated carbocycles. The standard InChI is InChI=1S/C21H26N6O2/c1-26(2)11-12-28-18-5-3-16(4-6-18)14-27-10-7-17(15-27)20-24-25-21(29-20)19-13-22-8-9-23-19/h3-6,8-9,13,17H,7,10-12,14-15H2,1-2H3. The molecule has 1 aliphatic rings. The first-order chi connectivity index (χ1) is 14.2. The van der Waals surface area contributed by atoms with Gasteiger partial charge in [0.2, 0.25) is 5.89 Å². The molecule has 3 heterocycles. The van der Waals surface area contributed by atoms with E-state index in [0.717, 1.165) is 38.3 Å². The zero-order chi connectivity index (χ0) is 20.1. The Labute approximate surface area is 170 Å². The largest absolute Gasteiger partial charge is 0.492 e. The average Bonchev–Trinajstić information content (AvgIpc) is 3.39. The summed E-state index contributed by atoms with van der Waals surface area (Å²) in [6.45, 7) is 4.42. The van der Waals surface area contributed by atoms with Crippen LogP contribution in [-0.2, 0) is 6.54 Å². The monoisotopic (exact) mass is 394 g/mol. The molecule has 0 bridgehead atoms. The first kappa shape index (κ1) is 19.5. The van der Waals surface area contributed by atoms with Gasteiger partial charge in [0.05, 0.1) is 12.1 Å². The molecule has 2 aromatic heterocycles. The third-order valence-electron chi connectivity index (χ3n) is 4.98. The predicted molar refractivity (Wildman–Crippen MR) is 108 cm³/mol. The SMILES string of the molecule is CN(C)CCOc1ccc(CN2CCC(c3nnc(-c4cnccn4)o3)C2)cc1. The zero-order valence-electron chi connectivity index (χ0n) is 16.9. The lowest BCUT2D eigenvalue weighted by molar-refractivity contribution is 0.261. The van der Waals surface area contributed by atoms with E-state index in [-0.39, 0.29) is 5.92 Å². The van der Waals surface area contributed by atoms with Gasteiger partial charge in [-0.3, -0.25) is 9.88 Å². The van der Waals surface area contributed by atoms with Crippen molar-refractivity contribution in [3.63, 3.8) is 0 Å². The lowest BCUT2D eigenvalue weighted by Gasteiger charge is -2.16. The van der Waals surface area contributed by atoms with Crippen molar-refractivity contribution in [3.05, 3.63) is 54.3 Å². The van der Waals surface area contributed by atoms with Crippen LogP contribution in [-0.4, -0.2) is 70.3 Å². The number of aromatic nitrogens is 4. The van der Waals surface area contributed by atoms with Crippen molar-refractivity contribution in [1.82, 2.24) is 30.0 Å². The highest BCUT2D eigenvalue weighted by atomic mass is 16.5. The summed E-state index contributed by atoms with van der Waals surface area (Å²) in [5.41, 5.74) is 1.88. The molecule has 1 unspecified atom stereocenters. The first-order valence-electron chi connectivity index (χ1n) is 9.86. The van der Waals surface area contributed by atoms with Gasteiger partial charge in [0, 0.05) is 32.0 Å². The van der Waals surface area contributed by atoms with Gasteiger partial charge in [0.25, 0.3) is 5.89 Å². The molecule has 0 N–H and O–H groups in total. The molecule has 1 aliphatic heterocycles. The molecule has 29 heavy (non-hydrogen) atoms. The Morgan fingerprint density at radius 1 is 1.17 bits per heavy atom. The summed E-state index contributed by atoms with van der Waals surface area (Å²) >= 11 is 0. The Kier molecular flexibility index (Phi) is 6.12. The van der Waals surface area contributed by atoms with Crippen molar-refractivity contribution < 1.29 is 9.15 Å². The second kappa shape index (κ2) is 9.11. The van der Waals surface area contributed by atoms with Gasteiger partial charge < -0.3 is 14.1 Å². The summed E-state index contributed by atoms with van der Waals surface area (Å²) in [5.74, 6) is 2.27. The molecule has 4 rings (SSSR count). The molecule has 152 valence electrons. The van der Waals surface area contributed by atoms with E-state index in [0.29, 0.717) is 24.1 Å². The number of hydrogen-bond acceptors (Lipinski definition) is 8. The van der Waals surface area contributed by atoms with Crippen molar-refractivity contribution in [1.29, 1.82) is 0 Å². The van der Waals surface area contributed by atoms with E-state index >= 15 is 0 Å². The maximum absolute atomic E-state index is 5.85. The molecular weight excluding hydrogens is 368 g/mol. The van der Waals surface area contributed by atoms with Crippen LogP contribution < -0.4 is 4.74 Å². The molecule has 8 nitrogen and oxygen atoms in total. The second-order valence-corrected chi connectivity index (χ2v) is 7.55. The maximum Gasteiger partial charge on any atom is 0.267 e. The van der Waals surface area contributed by atoms with Crippen LogP contribution in [0.4, 0.5) is 0 Å². The van der Waals surface area contributed by atoms with Gasteiger partial charge in [0.1, 0.15) is 18.1 Å². The van der Waals surface area contributed by atoms with E-state index in [1.165, 1.54) is 5.56 Å². The Morgan fingerprint density at radius 2 is 2.03 bits per heavy atom. The highest BCUT2D eigenvalue weighted by Crippen LogP contribution is 2.29. The van der Waals surface area contributed by atoms with Gasteiger partial charge in [-0.05, 0) is 44.8 Å². The molecule has 3 aromatic rings. The molecule has 0 aliphatic carbocycles. The summed E-state index contributed by atoms with van der Waals surface area (Å²) in [6.07, 6.45) is 5.88. The molecule has 1 aromatic carbocycles. The van der Waals surface area contributed by atoms with E-state index in [1.807, 2.05) is 26.2 Å². The van der Waals surface area contributed by atoms with Crippen LogP contribution >= 0.6 is 0 Å². The summed E-state index contributed by atoms with van der Waals surface area (Å²) < 4.78 is 11.6. The third-order valence-corrected chi connectivity index (χ3v) is 4.98. The Morgan fingerprint density at radius 3 is 2.79 bits per heavy atom. The van der Waals surface area contributed by atoms with Crippen molar-refractivity contribution in [3.8, 4) is 17.3 Å². The van der Waals surface area contributed by atoms with Gasteiger partial charge in [0.15, 0.2) is 0 Å². The Balaban J connectivity index is 1.30. The third kappa shape index (κ3) is 5.16. The highest BCUT2D eigenvalue weighted by Gasteiger charge is 2.28. The maximum atomic E-state index is 5.85. The summed E-state index contributed by atoms with van der Waals surface area (Å²) in [7, 11) is 4.08. The lowest BCUT2D eigenvalue weighted by Crippen LogP contribution is -2.20. The fourth-order valence-corrected chi connectivity index (χ4v) is 3.39. The van der Waals surface area contributed by atoms with Gasteiger partial charge >= 0.3 is 0 Å². The molecule has 0 amide bonds. The minimum atomic E-state index is 0.251. The number of ether oxygens (including phenoxy) is 1. The van der Waals surface area contributed by atoms with Crippen LogP contribution in [0.1, 0.15) is 23.8 Å². The van der Waals surface area contributed by atoms with E-state index in [4.69, 9.17) is 9.15 Å². The number of hydrogen-bond donors (Lipinski definition) is 0. The van der Waals surface area contributed by atoms with Gasteiger partial charge in [-0.1, -0.05) is 12.1 Å². The number of benzene rings is 1. The minimum absolute atomic E-state index is 0.251. The number of nitrogens with zero attached hydrogens (tertiary/aromatic N) is 6. The molecule has 1 atom stereocenters. The normalized spacial score (nSPS) is 17.1. The minimum Gasteiger partial charge on any atom is -0.492 e. The molecule has 1 fully saturated rings. The van der Waals surface area contributed by atoms with E-state index in [1.54, 1.807) is 18.6 Å². The average molecular weight is 394 g/mol. The fraction of sp³-hybridized carbons (Fsp3) is 0.429. The zero-order valence-corrected chi connectivity index (χ0v) is 16.9. The topological polar surface area (TPSA) is 80.4 Å². The number of rotatable bonds is 8. The van der Waals surface area contributed by atoms with E-state index in [9.17, 15) is 0 Å². The summed E-state index contributed by atoms with van der Waals surface area (Å²) in [4.78, 5) is 12.8. The summed E-state index contributed by atoms with van der Waals surface area (Å²) in [5, 5.41) is 8.37. The van der Waals surface area contributed by atoms with Gasteiger partial charge in [-0.25, -0.2) is 4.98 Å². The van der Waals surface area contributed by atoms with Crippen molar-refractivity contribution in [2.24, 2.45) is 0 Å². The molecule has 0 radical (unpaired) electrons. The molecule has 0 spiro atoms.